The summed E-state index contributed by atoms with van der Waals surface area (Å²) in [5.74, 6) is 0.693. The van der Waals surface area contributed by atoms with Crippen LogP contribution in [0.1, 0.15) is 112 Å². The second kappa shape index (κ2) is 27.7. The number of Topliss-reactive ketones (excluding diaryl/α,β-unsaturated/α-hetero) is 2. The number of likely N-dealkylation sites (N-methyl/N-ethyl adjacent to an activating group) is 1. The average molecular weight is 737 g/mol. The van der Waals surface area contributed by atoms with Crippen LogP contribution in [0.25, 0.3) is 0 Å². The molecule has 2 atom stereocenters. The maximum absolute atomic E-state index is 14.0. The Bertz CT molecular complexity index is 1030. The predicted octanol–water partition coefficient (Wildman–Crippen LogP) is 5.66. The molecular formula is C41H76N4O7. The molecule has 0 saturated heterocycles. The number of nitrogens with zero attached hydrogens (tertiary/aromatic N) is 3. The summed E-state index contributed by atoms with van der Waals surface area (Å²) in [5.41, 5.74) is 2.75. The van der Waals surface area contributed by atoms with Gasteiger partial charge in [0.25, 0.3) is 0 Å². The summed E-state index contributed by atoms with van der Waals surface area (Å²) in [7, 11) is 2.13. The Morgan fingerprint density at radius 1 is 0.808 bits per heavy atom. The van der Waals surface area contributed by atoms with Gasteiger partial charge in [0, 0.05) is 56.7 Å². The zero-order chi connectivity index (χ0) is 38.1. The fourth-order valence-corrected chi connectivity index (χ4v) is 6.58. The van der Waals surface area contributed by atoms with Crippen molar-refractivity contribution in [2.45, 2.75) is 118 Å². The van der Waals surface area contributed by atoms with Crippen molar-refractivity contribution in [3.05, 3.63) is 11.3 Å². The number of carboxylic acid groups (broad SMARTS) is 1. The van der Waals surface area contributed by atoms with Gasteiger partial charge in [0.1, 0.15) is 5.78 Å². The lowest BCUT2D eigenvalue weighted by atomic mass is 9.78. The van der Waals surface area contributed by atoms with Gasteiger partial charge in [0.15, 0.2) is 5.78 Å². The highest BCUT2D eigenvalue weighted by molar-refractivity contribution is 5.87. The van der Waals surface area contributed by atoms with Crippen LogP contribution in [0.5, 0.6) is 0 Å². The van der Waals surface area contributed by atoms with Gasteiger partial charge in [0.05, 0.1) is 52.2 Å². The summed E-state index contributed by atoms with van der Waals surface area (Å²) in [6.45, 7) is 18.9. The summed E-state index contributed by atoms with van der Waals surface area (Å²) in [6, 6.07) is -0.152. The lowest BCUT2D eigenvalue weighted by molar-refractivity contribution is -0.138. The van der Waals surface area contributed by atoms with Gasteiger partial charge in [-0.05, 0) is 83.8 Å². The first-order valence-corrected chi connectivity index (χ1v) is 20.7. The van der Waals surface area contributed by atoms with E-state index in [1.165, 1.54) is 24.1 Å². The number of carbonyl (C=O) groups is 3. The third-order valence-corrected chi connectivity index (χ3v) is 10.9. The van der Waals surface area contributed by atoms with Crippen LogP contribution in [0.2, 0.25) is 0 Å². The fourth-order valence-electron chi connectivity index (χ4n) is 6.58. The molecule has 2 fully saturated rings. The highest BCUT2D eigenvalue weighted by Gasteiger charge is 2.34. The van der Waals surface area contributed by atoms with Crippen molar-refractivity contribution < 1.29 is 33.7 Å². The zero-order valence-electron chi connectivity index (χ0n) is 33.9. The summed E-state index contributed by atoms with van der Waals surface area (Å²) in [5, 5.41) is 13.4. The molecule has 0 aromatic rings. The Balaban J connectivity index is 1.87. The van der Waals surface area contributed by atoms with Crippen LogP contribution in [0, 0.1) is 17.8 Å². The number of ether oxygens (including phenoxy) is 3. The monoisotopic (exact) mass is 737 g/mol. The van der Waals surface area contributed by atoms with Crippen LogP contribution in [-0.4, -0.2) is 142 Å². The van der Waals surface area contributed by atoms with Crippen LogP contribution in [-0.2, 0) is 28.6 Å². The number of rotatable bonds is 34. The molecule has 2 N–H and O–H groups in total. The van der Waals surface area contributed by atoms with Gasteiger partial charge in [-0.1, -0.05) is 53.0 Å². The molecule has 0 spiro atoms. The van der Waals surface area contributed by atoms with E-state index in [2.05, 4.69) is 47.8 Å². The summed E-state index contributed by atoms with van der Waals surface area (Å²) in [6.07, 6.45) is 11.9. The molecule has 2 aliphatic carbocycles. The third kappa shape index (κ3) is 19.4. The Morgan fingerprint density at radius 3 is 2.02 bits per heavy atom. The molecule has 2 rings (SSSR count). The van der Waals surface area contributed by atoms with E-state index >= 15 is 0 Å². The Hall–Kier alpha value is -1.89. The molecule has 11 heteroatoms. The Morgan fingerprint density at radius 2 is 1.46 bits per heavy atom. The fraction of sp³-hybridized carbons (Fsp3) is 0.878. The van der Waals surface area contributed by atoms with E-state index in [9.17, 15) is 19.5 Å². The van der Waals surface area contributed by atoms with Crippen LogP contribution in [0.15, 0.2) is 11.3 Å². The van der Waals surface area contributed by atoms with Gasteiger partial charge < -0.3 is 29.5 Å². The number of carbonyl (C=O) groups excluding carboxylic acids is 2. The maximum Gasteiger partial charge on any atom is 0.317 e. The smallest absolute Gasteiger partial charge is 0.317 e. The van der Waals surface area contributed by atoms with E-state index in [0.29, 0.717) is 83.9 Å². The van der Waals surface area contributed by atoms with Crippen LogP contribution >= 0.6 is 0 Å². The summed E-state index contributed by atoms with van der Waals surface area (Å²) in [4.78, 5) is 44.2. The summed E-state index contributed by atoms with van der Waals surface area (Å²) >= 11 is 0. The second-order valence-electron chi connectivity index (χ2n) is 15.5. The average Bonchev–Trinajstić information content (AvgIpc) is 3.06. The molecule has 2 aliphatic rings. The SMILES string of the molecule is CCCN(CCN(CCN(C)CCC(C)CC)CC(=O)O)C(CCC(NCCOCCOCCOCCC(=O)C(C)C)=C1CCC1)C(=O)C1CCC1. The van der Waals surface area contributed by atoms with E-state index in [-0.39, 0.29) is 30.2 Å². The zero-order valence-corrected chi connectivity index (χ0v) is 33.9. The van der Waals surface area contributed by atoms with Crippen LogP contribution in [0.3, 0.4) is 0 Å². The Labute approximate surface area is 316 Å². The number of aliphatic carboxylic acids is 1. The lowest BCUT2D eigenvalue weighted by Crippen LogP contribution is -2.49. The first-order valence-electron chi connectivity index (χ1n) is 20.7. The molecule has 52 heavy (non-hydrogen) atoms. The molecule has 0 bridgehead atoms. The minimum absolute atomic E-state index is 0.0188. The maximum atomic E-state index is 14.0. The van der Waals surface area contributed by atoms with Gasteiger partial charge in [0.2, 0.25) is 0 Å². The highest BCUT2D eigenvalue weighted by Crippen LogP contribution is 2.33. The van der Waals surface area contributed by atoms with Crippen molar-refractivity contribution in [2.75, 3.05) is 99.0 Å². The van der Waals surface area contributed by atoms with Crippen molar-refractivity contribution in [1.82, 2.24) is 20.0 Å². The number of nitrogens with one attached hydrogen (secondary N) is 1. The van der Waals surface area contributed by atoms with E-state index < -0.39 is 5.97 Å². The normalized spacial score (nSPS) is 16.0. The molecular weight excluding hydrogens is 660 g/mol. The first-order chi connectivity index (χ1) is 25.0. The molecule has 0 radical (unpaired) electrons. The number of ketones is 2. The van der Waals surface area contributed by atoms with Gasteiger partial charge in [-0.3, -0.25) is 24.2 Å². The van der Waals surface area contributed by atoms with E-state index in [1.807, 2.05) is 13.8 Å². The molecule has 0 aromatic heterocycles. The molecule has 2 unspecified atom stereocenters. The van der Waals surface area contributed by atoms with Crippen molar-refractivity contribution >= 4 is 17.5 Å². The van der Waals surface area contributed by atoms with E-state index in [0.717, 1.165) is 77.4 Å². The molecule has 302 valence electrons. The van der Waals surface area contributed by atoms with Gasteiger partial charge in [-0.15, -0.1) is 0 Å². The first kappa shape index (κ1) is 46.3. The molecule has 11 nitrogen and oxygen atoms in total. The topological polar surface area (TPSA) is 121 Å². The van der Waals surface area contributed by atoms with Gasteiger partial charge in [-0.2, -0.15) is 0 Å². The molecule has 0 aromatic carbocycles. The number of hydrogen-bond acceptors (Lipinski definition) is 10. The Kier molecular flexibility index (Phi) is 24.6. The predicted molar refractivity (Wildman–Crippen MR) is 209 cm³/mol. The third-order valence-electron chi connectivity index (χ3n) is 10.9. The molecule has 0 amide bonds. The van der Waals surface area contributed by atoms with Crippen molar-refractivity contribution in [3.8, 4) is 0 Å². The standard InChI is InChI=1S/C41H76N4O7/c1-7-20-45(25-24-44(32-40(47)48)23-22-43(6)21-17-34(5)8-2)38(41(49)36-13-10-14-36)16-15-37(35-11-9-12-35)42-19-27-51-29-31-52-30-28-50-26-18-39(46)33(3)4/h33-34,36,38,42H,7-32H2,1-6H3,(H,47,48). The molecule has 0 aliphatic heterocycles. The number of carboxylic acids is 1. The highest BCUT2D eigenvalue weighted by atomic mass is 16.5. The largest absolute Gasteiger partial charge is 0.480 e. The number of allylic oxidation sites excluding steroid dienone is 2. The quantitative estimate of drug-likeness (QED) is 0.0797. The van der Waals surface area contributed by atoms with Crippen molar-refractivity contribution in [3.63, 3.8) is 0 Å². The molecule has 2 saturated carbocycles. The lowest BCUT2D eigenvalue weighted by Gasteiger charge is -2.37. The second-order valence-corrected chi connectivity index (χ2v) is 15.5. The molecule has 0 heterocycles. The van der Waals surface area contributed by atoms with Crippen LogP contribution in [0.4, 0.5) is 0 Å². The summed E-state index contributed by atoms with van der Waals surface area (Å²) < 4.78 is 16.9. The minimum Gasteiger partial charge on any atom is -0.480 e. The minimum atomic E-state index is -0.803. The van der Waals surface area contributed by atoms with Crippen LogP contribution < -0.4 is 5.32 Å². The number of hydrogen-bond donors (Lipinski definition) is 2. The van der Waals surface area contributed by atoms with Gasteiger partial charge >= 0.3 is 5.97 Å². The van der Waals surface area contributed by atoms with Crippen molar-refractivity contribution in [2.24, 2.45) is 17.8 Å². The van der Waals surface area contributed by atoms with E-state index in [4.69, 9.17) is 14.2 Å². The van der Waals surface area contributed by atoms with E-state index in [1.54, 1.807) is 0 Å². The van der Waals surface area contributed by atoms with Crippen molar-refractivity contribution in [1.29, 1.82) is 0 Å². The van der Waals surface area contributed by atoms with Gasteiger partial charge in [-0.25, -0.2) is 0 Å².